The molecule has 4 aromatic rings. The van der Waals surface area contributed by atoms with Gasteiger partial charge in [0.15, 0.2) is 0 Å². The molecule has 0 aliphatic heterocycles. The molecule has 0 atom stereocenters. The van der Waals surface area contributed by atoms with Gasteiger partial charge in [-0.1, -0.05) is 49.4 Å². The van der Waals surface area contributed by atoms with Crippen LogP contribution in [0.25, 0.3) is 11.0 Å². The summed E-state index contributed by atoms with van der Waals surface area (Å²) in [6, 6.07) is 23.1. The maximum absolute atomic E-state index is 12.7. The van der Waals surface area contributed by atoms with Crippen LogP contribution in [-0.2, 0) is 12.8 Å². The molecular weight excluding hydrogens is 364 g/mol. The van der Waals surface area contributed by atoms with Crippen molar-refractivity contribution in [3.8, 4) is 17.2 Å². The van der Waals surface area contributed by atoms with Crippen molar-refractivity contribution in [2.24, 2.45) is 0 Å². The summed E-state index contributed by atoms with van der Waals surface area (Å²) in [5, 5.41) is 0.461. The SMILES string of the molecule is CCc1ccc(Oc2coc3cc(OCCc4ccccc4)ccc3c2=O)cc1. The van der Waals surface area contributed by atoms with Gasteiger partial charge >= 0.3 is 0 Å². The molecule has 29 heavy (non-hydrogen) atoms. The summed E-state index contributed by atoms with van der Waals surface area (Å²) in [4.78, 5) is 12.7. The summed E-state index contributed by atoms with van der Waals surface area (Å²) in [5.74, 6) is 1.44. The van der Waals surface area contributed by atoms with Gasteiger partial charge in [0.1, 0.15) is 23.3 Å². The lowest BCUT2D eigenvalue weighted by Gasteiger charge is -2.08. The van der Waals surface area contributed by atoms with Crippen LogP contribution in [0.1, 0.15) is 18.1 Å². The molecule has 4 rings (SSSR count). The Kier molecular flexibility index (Phi) is 5.61. The van der Waals surface area contributed by atoms with E-state index < -0.39 is 0 Å². The minimum atomic E-state index is -0.207. The van der Waals surface area contributed by atoms with E-state index in [-0.39, 0.29) is 11.2 Å². The Bertz CT molecular complexity index is 1150. The molecule has 146 valence electrons. The molecular formula is C25H22O4. The zero-order valence-electron chi connectivity index (χ0n) is 16.3. The number of aryl methyl sites for hydroxylation is 1. The quantitative estimate of drug-likeness (QED) is 0.405. The topological polar surface area (TPSA) is 48.7 Å². The first-order valence-electron chi connectivity index (χ1n) is 9.72. The van der Waals surface area contributed by atoms with Gasteiger partial charge in [0.05, 0.1) is 12.0 Å². The zero-order chi connectivity index (χ0) is 20.1. The fourth-order valence-corrected chi connectivity index (χ4v) is 3.10. The van der Waals surface area contributed by atoms with E-state index in [0.717, 1.165) is 12.8 Å². The molecule has 4 heteroatoms. The number of rotatable bonds is 7. The highest BCUT2D eigenvalue weighted by Crippen LogP contribution is 2.24. The summed E-state index contributed by atoms with van der Waals surface area (Å²) in [7, 11) is 0. The van der Waals surface area contributed by atoms with Crippen molar-refractivity contribution in [2.45, 2.75) is 19.8 Å². The number of benzene rings is 3. The van der Waals surface area contributed by atoms with E-state index in [2.05, 4.69) is 19.1 Å². The molecule has 4 nitrogen and oxygen atoms in total. The monoisotopic (exact) mass is 386 g/mol. The van der Waals surface area contributed by atoms with Gasteiger partial charge in [-0.05, 0) is 41.8 Å². The Morgan fingerprint density at radius 3 is 2.38 bits per heavy atom. The largest absolute Gasteiger partial charge is 0.493 e. The summed E-state index contributed by atoms with van der Waals surface area (Å²) < 4.78 is 17.2. The molecule has 0 radical (unpaired) electrons. The molecule has 0 fully saturated rings. The van der Waals surface area contributed by atoms with E-state index in [4.69, 9.17) is 13.9 Å². The highest BCUT2D eigenvalue weighted by molar-refractivity contribution is 5.79. The van der Waals surface area contributed by atoms with Crippen molar-refractivity contribution >= 4 is 11.0 Å². The molecule has 0 aliphatic rings. The van der Waals surface area contributed by atoms with Gasteiger partial charge in [0.2, 0.25) is 11.2 Å². The molecule has 1 heterocycles. The van der Waals surface area contributed by atoms with Crippen molar-refractivity contribution in [3.63, 3.8) is 0 Å². The molecule has 0 aliphatic carbocycles. The zero-order valence-corrected chi connectivity index (χ0v) is 16.3. The van der Waals surface area contributed by atoms with Crippen LogP contribution in [0, 0.1) is 0 Å². The Morgan fingerprint density at radius 2 is 1.62 bits per heavy atom. The predicted molar refractivity (Wildman–Crippen MR) is 114 cm³/mol. The highest BCUT2D eigenvalue weighted by Gasteiger charge is 2.10. The summed E-state index contributed by atoms with van der Waals surface area (Å²) >= 11 is 0. The Balaban J connectivity index is 1.48. The second-order valence-electron chi connectivity index (χ2n) is 6.77. The number of ether oxygens (including phenoxy) is 2. The fourth-order valence-electron chi connectivity index (χ4n) is 3.10. The van der Waals surface area contributed by atoms with Crippen molar-refractivity contribution < 1.29 is 13.9 Å². The average molecular weight is 386 g/mol. The van der Waals surface area contributed by atoms with E-state index in [1.165, 1.54) is 17.4 Å². The molecule has 0 saturated carbocycles. The maximum Gasteiger partial charge on any atom is 0.235 e. The van der Waals surface area contributed by atoms with Crippen molar-refractivity contribution in [1.29, 1.82) is 0 Å². The number of fused-ring (bicyclic) bond motifs is 1. The van der Waals surface area contributed by atoms with Crippen molar-refractivity contribution in [1.82, 2.24) is 0 Å². The van der Waals surface area contributed by atoms with Gasteiger partial charge in [-0.15, -0.1) is 0 Å². The van der Waals surface area contributed by atoms with Crippen molar-refractivity contribution in [2.75, 3.05) is 6.61 Å². The second kappa shape index (κ2) is 8.65. The van der Waals surface area contributed by atoms with Gasteiger partial charge in [0, 0.05) is 12.5 Å². The Labute approximate surface area is 169 Å². The van der Waals surface area contributed by atoms with Crippen LogP contribution in [-0.4, -0.2) is 6.61 Å². The number of hydrogen-bond donors (Lipinski definition) is 0. The van der Waals surface area contributed by atoms with E-state index in [1.807, 2.05) is 42.5 Å². The summed E-state index contributed by atoms with van der Waals surface area (Å²) in [6.07, 6.45) is 3.12. The van der Waals surface area contributed by atoms with E-state index in [1.54, 1.807) is 18.2 Å². The maximum atomic E-state index is 12.7. The molecule has 0 N–H and O–H groups in total. The van der Waals surface area contributed by atoms with Gasteiger partial charge in [-0.25, -0.2) is 0 Å². The standard InChI is InChI=1S/C25H22O4/c1-2-18-8-10-20(11-9-18)29-24-17-28-23-16-21(12-13-22(23)25(24)26)27-15-14-19-6-4-3-5-7-19/h3-13,16-17H,2,14-15H2,1H3. The molecule has 1 aromatic heterocycles. The number of hydrogen-bond acceptors (Lipinski definition) is 4. The predicted octanol–water partition coefficient (Wildman–Crippen LogP) is 5.77. The minimum absolute atomic E-state index is 0.166. The lowest BCUT2D eigenvalue weighted by molar-refractivity contribution is 0.322. The molecule has 0 saturated heterocycles. The lowest BCUT2D eigenvalue weighted by Crippen LogP contribution is -2.05. The normalized spacial score (nSPS) is 10.8. The third-order valence-electron chi connectivity index (χ3n) is 4.78. The Morgan fingerprint density at radius 1 is 0.862 bits per heavy atom. The van der Waals surface area contributed by atoms with Gasteiger partial charge in [-0.2, -0.15) is 0 Å². The van der Waals surface area contributed by atoms with Crippen LogP contribution in [0.3, 0.4) is 0 Å². The highest BCUT2D eigenvalue weighted by atomic mass is 16.5. The third-order valence-corrected chi connectivity index (χ3v) is 4.78. The first kappa shape index (κ1) is 18.8. The summed E-state index contributed by atoms with van der Waals surface area (Å²) in [6.45, 7) is 2.64. The van der Waals surface area contributed by atoms with E-state index in [0.29, 0.717) is 29.1 Å². The van der Waals surface area contributed by atoms with Crippen LogP contribution in [0.15, 0.2) is 88.3 Å². The van der Waals surface area contributed by atoms with Crippen LogP contribution < -0.4 is 14.9 Å². The fraction of sp³-hybridized carbons (Fsp3) is 0.160. The minimum Gasteiger partial charge on any atom is -0.493 e. The molecule has 0 amide bonds. The molecule has 0 spiro atoms. The van der Waals surface area contributed by atoms with Gasteiger partial charge in [-0.3, -0.25) is 4.79 Å². The third kappa shape index (κ3) is 4.49. The van der Waals surface area contributed by atoms with Gasteiger partial charge in [0.25, 0.3) is 0 Å². The second-order valence-corrected chi connectivity index (χ2v) is 6.77. The van der Waals surface area contributed by atoms with E-state index >= 15 is 0 Å². The first-order valence-corrected chi connectivity index (χ1v) is 9.72. The molecule has 0 unspecified atom stereocenters. The first-order chi connectivity index (χ1) is 14.2. The lowest BCUT2D eigenvalue weighted by atomic mass is 10.2. The van der Waals surface area contributed by atoms with E-state index in [9.17, 15) is 4.79 Å². The molecule has 3 aromatic carbocycles. The van der Waals surface area contributed by atoms with Crippen LogP contribution in [0.2, 0.25) is 0 Å². The summed E-state index contributed by atoms with van der Waals surface area (Å²) in [5.41, 5.74) is 2.69. The van der Waals surface area contributed by atoms with Gasteiger partial charge < -0.3 is 13.9 Å². The smallest absolute Gasteiger partial charge is 0.235 e. The van der Waals surface area contributed by atoms with Crippen LogP contribution >= 0.6 is 0 Å². The van der Waals surface area contributed by atoms with Crippen molar-refractivity contribution in [3.05, 3.63) is 100 Å². The molecule has 0 bridgehead atoms. The Hall–Kier alpha value is -3.53. The van der Waals surface area contributed by atoms with Crippen LogP contribution in [0.5, 0.6) is 17.2 Å². The van der Waals surface area contributed by atoms with Crippen LogP contribution in [0.4, 0.5) is 0 Å². The average Bonchev–Trinajstić information content (AvgIpc) is 2.77.